The Morgan fingerprint density at radius 3 is 2.53 bits per heavy atom. The molecule has 1 heterocycles. The van der Waals surface area contributed by atoms with Crippen LogP contribution < -0.4 is 5.32 Å². The molecule has 0 aliphatic heterocycles. The van der Waals surface area contributed by atoms with Crippen molar-refractivity contribution in [1.82, 2.24) is 14.9 Å². The lowest BCUT2D eigenvalue weighted by molar-refractivity contribution is 0.0696. The predicted octanol–water partition coefficient (Wildman–Crippen LogP) is 0.148. The Kier molecular flexibility index (Phi) is 3.99. The zero-order chi connectivity index (χ0) is 11.3. The van der Waals surface area contributed by atoms with Crippen molar-refractivity contribution in [3.63, 3.8) is 0 Å². The molecule has 0 atom stereocenters. The van der Waals surface area contributed by atoms with Crippen molar-refractivity contribution in [2.45, 2.75) is 0 Å². The van der Waals surface area contributed by atoms with Crippen molar-refractivity contribution in [2.75, 3.05) is 32.5 Å². The number of aromatic nitrogens is 2. The predicted molar refractivity (Wildman–Crippen MR) is 56.0 cm³/mol. The van der Waals surface area contributed by atoms with Gasteiger partial charge in [-0.3, -0.25) is 0 Å². The van der Waals surface area contributed by atoms with Crippen molar-refractivity contribution < 1.29 is 9.90 Å². The van der Waals surface area contributed by atoms with E-state index in [-0.39, 0.29) is 5.56 Å². The summed E-state index contributed by atoms with van der Waals surface area (Å²) < 4.78 is 0. The van der Waals surface area contributed by atoms with Gasteiger partial charge in [0.1, 0.15) is 0 Å². The molecule has 15 heavy (non-hydrogen) atoms. The topological polar surface area (TPSA) is 78.4 Å². The van der Waals surface area contributed by atoms with Gasteiger partial charge in [0, 0.05) is 25.5 Å². The molecule has 0 saturated carbocycles. The molecule has 1 aromatic rings. The molecule has 0 aliphatic carbocycles. The van der Waals surface area contributed by atoms with Gasteiger partial charge in [-0.1, -0.05) is 0 Å². The maximum atomic E-state index is 10.5. The third-order valence-corrected chi connectivity index (χ3v) is 1.74. The van der Waals surface area contributed by atoms with Gasteiger partial charge >= 0.3 is 5.97 Å². The van der Waals surface area contributed by atoms with Crippen LogP contribution in [0.3, 0.4) is 0 Å². The first kappa shape index (κ1) is 11.4. The molecule has 6 heteroatoms. The standard InChI is InChI=1S/C9H14N4O2/c1-13(2)4-3-10-9-11-5-7(6-12-9)8(14)15/h5-6H,3-4H2,1-2H3,(H,14,15)(H,10,11,12). The Hall–Kier alpha value is -1.69. The van der Waals surface area contributed by atoms with E-state index in [4.69, 9.17) is 5.11 Å². The molecule has 0 amide bonds. The summed E-state index contributed by atoms with van der Waals surface area (Å²) in [6.07, 6.45) is 2.57. The number of anilines is 1. The van der Waals surface area contributed by atoms with Crippen molar-refractivity contribution in [1.29, 1.82) is 0 Å². The van der Waals surface area contributed by atoms with E-state index in [0.29, 0.717) is 5.95 Å². The summed E-state index contributed by atoms with van der Waals surface area (Å²) in [4.78, 5) is 20.3. The summed E-state index contributed by atoms with van der Waals surface area (Å²) in [5, 5.41) is 11.6. The Balaban J connectivity index is 2.46. The zero-order valence-corrected chi connectivity index (χ0v) is 8.77. The fourth-order valence-electron chi connectivity index (χ4n) is 0.921. The second-order valence-corrected chi connectivity index (χ2v) is 3.33. The smallest absolute Gasteiger partial charge is 0.338 e. The monoisotopic (exact) mass is 210 g/mol. The van der Waals surface area contributed by atoms with Crippen LogP contribution in [0.4, 0.5) is 5.95 Å². The zero-order valence-electron chi connectivity index (χ0n) is 8.77. The van der Waals surface area contributed by atoms with Crippen LogP contribution >= 0.6 is 0 Å². The number of hydrogen-bond acceptors (Lipinski definition) is 5. The van der Waals surface area contributed by atoms with E-state index in [0.717, 1.165) is 13.1 Å². The highest BCUT2D eigenvalue weighted by Gasteiger charge is 2.03. The molecule has 0 aliphatic rings. The Morgan fingerprint density at radius 2 is 2.07 bits per heavy atom. The molecular formula is C9H14N4O2. The van der Waals surface area contributed by atoms with Gasteiger partial charge in [0.05, 0.1) is 5.56 Å². The first-order valence-electron chi connectivity index (χ1n) is 4.53. The number of aromatic carboxylic acids is 1. The van der Waals surface area contributed by atoms with E-state index in [1.807, 2.05) is 19.0 Å². The second-order valence-electron chi connectivity index (χ2n) is 3.33. The molecule has 0 saturated heterocycles. The highest BCUT2D eigenvalue weighted by atomic mass is 16.4. The van der Waals surface area contributed by atoms with Gasteiger partial charge in [-0.05, 0) is 14.1 Å². The fraction of sp³-hybridized carbons (Fsp3) is 0.444. The fourth-order valence-corrected chi connectivity index (χ4v) is 0.921. The van der Waals surface area contributed by atoms with Crippen LogP contribution in [-0.2, 0) is 0 Å². The lowest BCUT2D eigenvalue weighted by atomic mass is 10.3. The SMILES string of the molecule is CN(C)CCNc1ncc(C(=O)O)cn1. The number of nitrogens with one attached hydrogen (secondary N) is 1. The maximum Gasteiger partial charge on any atom is 0.338 e. The first-order chi connectivity index (χ1) is 7.09. The highest BCUT2D eigenvalue weighted by Crippen LogP contribution is 1.99. The van der Waals surface area contributed by atoms with E-state index in [9.17, 15) is 4.79 Å². The van der Waals surface area contributed by atoms with E-state index in [1.54, 1.807) is 0 Å². The average molecular weight is 210 g/mol. The molecule has 0 spiro atoms. The second kappa shape index (κ2) is 5.26. The molecule has 1 aromatic heterocycles. The van der Waals surface area contributed by atoms with E-state index < -0.39 is 5.97 Å². The normalized spacial score (nSPS) is 10.3. The van der Waals surface area contributed by atoms with E-state index in [1.165, 1.54) is 12.4 Å². The quantitative estimate of drug-likeness (QED) is 0.720. The number of likely N-dealkylation sites (N-methyl/N-ethyl adjacent to an activating group) is 1. The van der Waals surface area contributed by atoms with E-state index >= 15 is 0 Å². The van der Waals surface area contributed by atoms with Crippen LogP contribution in [0.2, 0.25) is 0 Å². The van der Waals surface area contributed by atoms with Crippen molar-refractivity contribution in [3.8, 4) is 0 Å². The molecule has 0 bridgehead atoms. The lowest BCUT2D eigenvalue weighted by Crippen LogP contribution is -2.21. The molecule has 6 nitrogen and oxygen atoms in total. The third-order valence-electron chi connectivity index (χ3n) is 1.74. The highest BCUT2D eigenvalue weighted by molar-refractivity contribution is 5.86. The maximum absolute atomic E-state index is 10.5. The number of carboxylic acids is 1. The van der Waals surface area contributed by atoms with Gasteiger partial charge < -0.3 is 15.3 Å². The first-order valence-corrected chi connectivity index (χ1v) is 4.53. The molecular weight excluding hydrogens is 196 g/mol. The summed E-state index contributed by atoms with van der Waals surface area (Å²) in [5.41, 5.74) is 0.0909. The van der Waals surface area contributed by atoms with Crippen LogP contribution in [0.25, 0.3) is 0 Å². The molecule has 82 valence electrons. The molecule has 1 rings (SSSR count). The minimum absolute atomic E-state index is 0.0909. The minimum atomic E-state index is -1.02. The van der Waals surface area contributed by atoms with Crippen LogP contribution in [0.15, 0.2) is 12.4 Å². The largest absolute Gasteiger partial charge is 0.478 e. The van der Waals surface area contributed by atoms with Crippen molar-refractivity contribution in [2.24, 2.45) is 0 Å². The summed E-state index contributed by atoms with van der Waals surface area (Å²) in [5.74, 6) is -0.573. The molecule has 2 N–H and O–H groups in total. The number of nitrogens with zero attached hydrogens (tertiary/aromatic N) is 3. The average Bonchev–Trinajstić information content (AvgIpc) is 2.18. The van der Waals surface area contributed by atoms with Gasteiger partial charge in [-0.25, -0.2) is 14.8 Å². The van der Waals surface area contributed by atoms with Crippen LogP contribution in [-0.4, -0.2) is 53.1 Å². The number of hydrogen-bond donors (Lipinski definition) is 2. The van der Waals surface area contributed by atoms with Crippen LogP contribution in [0.1, 0.15) is 10.4 Å². The van der Waals surface area contributed by atoms with E-state index in [2.05, 4.69) is 15.3 Å². The summed E-state index contributed by atoms with van der Waals surface area (Å²) in [6, 6.07) is 0. The minimum Gasteiger partial charge on any atom is -0.478 e. The molecule has 0 aromatic carbocycles. The number of carbonyl (C=O) groups is 1. The van der Waals surface area contributed by atoms with Crippen molar-refractivity contribution >= 4 is 11.9 Å². The summed E-state index contributed by atoms with van der Waals surface area (Å²) in [6.45, 7) is 1.59. The molecule has 0 radical (unpaired) electrons. The van der Waals surface area contributed by atoms with Crippen molar-refractivity contribution in [3.05, 3.63) is 18.0 Å². The number of carboxylic acid groups (broad SMARTS) is 1. The molecule has 0 unspecified atom stereocenters. The summed E-state index contributed by atoms with van der Waals surface area (Å²) >= 11 is 0. The Bertz CT molecular complexity index is 323. The van der Waals surface area contributed by atoms with Crippen LogP contribution in [0, 0.1) is 0 Å². The Labute approximate surface area is 88.0 Å². The summed E-state index contributed by atoms with van der Waals surface area (Å²) in [7, 11) is 3.94. The van der Waals surface area contributed by atoms with Gasteiger partial charge in [-0.2, -0.15) is 0 Å². The van der Waals surface area contributed by atoms with Gasteiger partial charge in [0.15, 0.2) is 0 Å². The van der Waals surface area contributed by atoms with Crippen LogP contribution in [0.5, 0.6) is 0 Å². The van der Waals surface area contributed by atoms with Gasteiger partial charge in [-0.15, -0.1) is 0 Å². The lowest BCUT2D eigenvalue weighted by Gasteiger charge is -2.09. The third kappa shape index (κ3) is 3.90. The van der Waals surface area contributed by atoms with Gasteiger partial charge in [0.2, 0.25) is 5.95 Å². The van der Waals surface area contributed by atoms with Gasteiger partial charge in [0.25, 0.3) is 0 Å². The Morgan fingerprint density at radius 1 is 1.47 bits per heavy atom. The molecule has 0 fully saturated rings. The number of rotatable bonds is 5.